The van der Waals surface area contributed by atoms with Crippen LogP contribution in [-0.4, -0.2) is 26.2 Å². The van der Waals surface area contributed by atoms with E-state index < -0.39 is 11.9 Å². The van der Waals surface area contributed by atoms with Gasteiger partial charge in [-0.3, -0.25) is 0 Å². The highest BCUT2D eigenvalue weighted by Crippen LogP contribution is 2.37. The fraction of sp³-hybridized carbons (Fsp3) is 0.188. The Balaban J connectivity index is 1.46. The summed E-state index contributed by atoms with van der Waals surface area (Å²) in [5, 5.41) is 0. The van der Waals surface area contributed by atoms with Crippen LogP contribution in [-0.2, 0) is 5.41 Å². The minimum atomic E-state index is -0.450. The van der Waals surface area contributed by atoms with Crippen LogP contribution in [0.4, 0.5) is 0 Å². The fourth-order valence-electron chi connectivity index (χ4n) is 4.19. The maximum Gasteiger partial charge on any atom is 0.343 e. The van der Waals surface area contributed by atoms with E-state index in [0.29, 0.717) is 34.1 Å². The van der Waals surface area contributed by atoms with Gasteiger partial charge in [-0.2, -0.15) is 0 Å². The second-order valence-corrected chi connectivity index (χ2v) is 8.98. The Hall–Kier alpha value is -4.58. The monoisotopic (exact) mass is 510 g/mol. The smallest absolute Gasteiger partial charge is 0.343 e. The number of carbonyl (C=O) groups is 2. The average Bonchev–Trinajstić information content (AvgIpc) is 2.97. The number of esters is 2. The van der Waals surface area contributed by atoms with E-state index in [4.69, 9.17) is 18.9 Å². The third kappa shape index (κ3) is 5.86. The molecule has 0 N–H and O–H groups in total. The summed E-state index contributed by atoms with van der Waals surface area (Å²) in [6.07, 6.45) is 0.832. The van der Waals surface area contributed by atoms with E-state index in [1.807, 2.05) is 24.3 Å². The van der Waals surface area contributed by atoms with Gasteiger partial charge in [0.1, 0.15) is 23.0 Å². The molecule has 0 aliphatic heterocycles. The summed E-state index contributed by atoms with van der Waals surface area (Å²) in [6, 6.07) is 28.7. The molecule has 4 aromatic rings. The lowest BCUT2D eigenvalue weighted by molar-refractivity contribution is 0.0725. The number of rotatable bonds is 9. The zero-order valence-corrected chi connectivity index (χ0v) is 21.9. The third-order valence-corrected chi connectivity index (χ3v) is 6.72. The van der Waals surface area contributed by atoms with E-state index in [1.165, 1.54) is 0 Å². The number of hydrogen-bond acceptors (Lipinski definition) is 6. The van der Waals surface area contributed by atoms with Gasteiger partial charge in [-0.25, -0.2) is 9.59 Å². The number of carbonyl (C=O) groups excluding carboxylic acids is 2. The van der Waals surface area contributed by atoms with E-state index in [-0.39, 0.29) is 5.41 Å². The Morgan fingerprint density at radius 1 is 0.605 bits per heavy atom. The van der Waals surface area contributed by atoms with Gasteiger partial charge >= 0.3 is 11.9 Å². The number of methoxy groups -OCH3 is 2. The molecule has 0 aromatic heterocycles. The summed E-state index contributed by atoms with van der Waals surface area (Å²) in [5.41, 5.74) is 2.67. The summed E-state index contributed by atoms with van der Waals surface area (Å²) in [7, 11) is 3.10. The van der Waals surface area contributed by atoms with E-state index in [1.54, 1.807) is 87.0 Å². The predicted molar refractivity (Wildman–Crippen MR) is 146 cm³/mol. The first-order valence-electron chi connectivity index (χ1n) is 12.3. The van der Waals surface area contributed by atoms with Crippen LogP contribution in [0, 0.1) is 0 Å². The van der Waals surface area contributed by atoms with Crippen molar-refractivity contribution in [2.45, 2.75) is 25.7 Å². The summed E-state index contributed by atoms with van der Waals surface area (Å²) in [6.45, 7) is 4.27. The van der Waals surface area contributed by atoms with Gasteiger partial charge in [0.2, 0.25) is 0 Å². The molecule has 0 aliphatic carbocycles. The summed E-state index contributed by atoms with van der Waals surface area (Å²) in [5.74, 6) is 1.20. The molecule has 4 aromatic carbocycles. The predicted octanol–water partition coefficient (Wildman–Crippen LogP) is 6.86. The Morgan fingerprint density at radius 2 is 1.00 bits per heavy atom. The van der Waals surface area contributed by atoms with Gasteiger partial charge in [-0.05, 0) is 78.2 Å². The van der Waals surface area contributed by atoms with E-state index >= 15 is 0 Å². The normalized spacial score (nSPS) is 10.9. The largest absolute Gasteiger partial charge is 0.497 e. The zero-order valence-electron chi connectivity index (χ0n) is 21.9. The van der Waals surface area contributed by atoms with Gasteiger partial charge in [0.05, 0.1) is 25.3 Å². The van der Waals surface area contributed by atoms with Gasteiger partial charge in [0.25, 0.3) is 0 Å². The van der Waals surface area contributed by atoms with Gasteiger partial charge in [0, 0.05) is 5.41 Å². The molecule has 6 nitrogen and oxygen atoms in total. The molecule has 0 fully saturated rings. The van der Waals surface area contributed by atoms with Gasteiger partial charge in [0.15, 0.2) is 0 Å². The molecular weight excluding hydrogens is 480 g/mol. The standard InChI is InChI=1S/C32H30O6/c1-5-32(2,24-12-16-26(17-13-24)37-30(33)22-8-6-10-28(20-22)35-3)25-14-18-27(19-15-25)38-31(34)23-9-7-11-29(21-23)36-4/h6-21H,5H2,1-4H3. The van der Waals surface area contributed by atoms with Crippen molar-refractivity contribution in [1.29, 1.82) is 0 Å². The van der Waals surface area contributed by atoms with Crippen LogP contribution in [0.25, 0.3) is 0 Å². The molecule has 0 atom stereocenters. The molecular formula is C32H30O6. The highest BCUT2D eigenvalue weighted by Gasteiger charge is 2.27. The molecule has 0 saturated carbocycles. The van der Waals surface area contributed by atoms with Crippen LogP contribution >= 0.6 is 0 Å². The van der Waals surface area contributed by atoms with Crippen LogP contribution in [0.1, 0.15) is 52.1 Å². The van der Waals surface area contributed by atoms with Crippen LogP contribution in [0.2, 0.25) is 0 Å². The van der Waals surface area contributed by atoms with Crippen molar-refractivity contribution in [1.82, 2.24) is 0 Å². The molecule has 4 rings (SSSR count). The highest BCUT2D eigenvalue weighted by atomic mass is 16.5. The molecule has 0 spiro atoms. The van der Waals surface area contributed by atoms with Crippen LogP contribution < -0.4 is 18.9 Å². The van der Waals surface area contributed by atoms with Crippen LogP contribution in [0.3, 0.4) is 0 Å². The molecule has 6 heteroatoms. The van der Waals surface area contributed by atoms with Crippen LogP contribution in [0.15, 0.2) is 97.1 Å². The SMILES string of the molecule is CCC(C)(c1ccc(OC(=O)c2cccc(OC)c2)cc1)c1ccc(OC(=O)c2cccc(OC)c2)cc1. The number of benzene rings is 4. The molecule has 0 bridgehead atoms. The lowest BCUT2D eigenvalue weighted by Gasteiger charge is -2.30. The second kappa shape index (κ2) is 11.6. The molecule has 0 amide bonds. The quantitative estimate of drug-likeness (QED) is 0.181. The molecule has 0 aliphatic rings. The first kappa shape index (κ1) is 26.5. The Bertz CT molecular complexity index is 1300. The maximum absolute atomic E-state index is 12.6. The second-order valence-electron chi connectivity index (χ2n) is 8.98. The first-order chi connectivity index (χ1) is 18.4. The van der Waals surface area contributed by atoms with Crippen molar-refractivity contribution >= 4 is 11.9 Å². The Labute approximate surface area is 222 Å². The van der Waals surface area contributed by atoms with E-state index in [0.717, 1.165) is 17.5 Å². The minimum Gasteiger partial charge on any atom is -0.497 e. The van der Waals surface area contributed by atoms with Crippen LogP contribution in [0.5, 0.6) is 23.0 Å². The molecule has 0 radical (unpaired) electrons. The molecule has 194 valence electrons. The third-order valence-electron chi connectivity index (χ3n) is 6.72. The molecule has 0 unspecified atom stereocenters. The average molecular weight is 511 g/mol. The van der Waals surface area contributed by atoms with Crippen molar-refractivity contribution in [2.24, 2.45) is 0 Å². The summed E-state index contributed by atoms with van der Waals surface area (Å²) in [4.78, 5) is 25.1. The molecule has 0 heterocycles. The molecule has 38 heavy (non-hydrogen) atoms. The van der Waals surface area contributed by atoms with Crippen molar-refractivity contribution in [2.75, 3.05) is 14.2 Å². The van der Waals surface area contributed by atoms with Gasteiger partial charge in [-0.1, -0.05) is 50.2 Å². The fourth-order valence-corrected chi connectivity index (χ4v) is 4.19. The lowest BCUT2D eigenvalue weighted by atomic mass is 9.74. The first-order valence-corrected chi connectivity index (χ1v) is 12.3. The lowest BCUT2D eigenvalue weighted by Crippen LogP contribution is -2.22. The zero-order chi connectivity index (χ0) is 27.1. The Morgan fingerprint density at radius 3 is 1.34 bits per heavy atom. The van der Waals surface area contributed by atoms with Gasteiger partial charge < -0.3 is 18.9 Å². The van der Waals surface area contributed by atoms with Crippen molar-refractivity contribution < 1.29 is 28.5 Å². The topological polar surface area (TPSA) is 71.1 Å². The van der Waals surface area contributed by atoms with Crippen molar-refractivity contribution in [3.63, 3.8) is 0 Å². The number of hydrogen-bond donors (Lipinski definition) is 0. The summed E-state index contributed by atoms with van der Waals surface area (Å²) < 4.78 is 21.5. The molecule has 0 saturated heterocycles. The van der Waals surface area contributed by atoms with Crippen molar-refractivity contribution in [3.05, 3.63) is 119 Å². The van der Waals surface area contributed by atoms with E-state index in [2.05, 4.69) is 13.8 Å². The van der Waals surface area contributed by atoms with Gasteiger partial charge in [-0.15, -0.1) is 0 Å². The van der Waals surface area contributed by atoms with E-state index in [9.17, 15) is 9.59 Å². The maximum atomic E-state index is 12.6. The number of ether oxygens (including phenoxy) is 4. The Kier molecular flexibility index (Phi) is 8.12. The van der Waals surface area contributed by atoms with Crippen molar-refractivity contribution in [3.8, 4) is 23.0 Å². The highest BCUT2D eigenvalue weighted by molar-refractivity contribution is 5.92. The minimum absolute atomic E-state index is 0.301. The summed E-state index contributed by atoms with van der Waals surface area (Å²) >= 11 is 0.